The number of rotatable bonds is 8. The summed E-state index contributed by atoms with van der Waals surface area (Å²) in [5.41, 5.74) is 0.512. The van der Waals surface area contributed by atoms with Crippen molar-refractivity contribution >= 4 is 23.2 Å². The molecule has 2 rings (SSSR count). The van der Waals surface area contributed by atoms with Crippen LogP contribution in [-0.4, -0.2) is 28.0 Å². The highest BCUT2D eigenvalue weighted by Crippen LogP contribution is 2.21. The van der Waals surface area contributed by atoms with Gasteiger partial charge in [-0.3, -0.25) is 4.79 Å². The molecule has 1 heterocycles. The number of amides is 1. The number of aliphatic carboxylic acids is 1. The van der Waals surface area contributed by atoms with Crippen molar-refractivity contribution in [2.45, 2.75) is 39.8 Å². The van der Waals surface area contributed by atoms with Gasteiger partial charge in [0.2, 0.25) is 0 Å². The van der Waals surface area contributed by atoms with Crippen LogP contribution in [0.15, 0.2) is 24.3 Å². The van der Waals surface area contributed by atoms with Crippen molar-refractivity contribution in [1.82, 2.24) is 10.3 Å². The molecule has 26 heavy (non-hydrogen) atoms. The third kappa shape index (κ3) is 5.01. The Hall–Kier alpha value is -2.48. The van der Waals surface area contributed by atoms with E-state index in [0.29, 0.717) is 27.7 Å². The van der Waals surface area contributed by atoms with Gasteiger partial charge < -0.3 is 15.2 Å². The molecule has 2 N–H and O–H groups in total. The van der Waals surface area contributed by atoms with E-state index in [1.54, 1.807) is 13.8 Å². The van der Waals surface area contributed by atoms with Crippen molar-refractivity contribution in [3.8, 4) is 5.75 Å². The summed E-state index contributed by atoms with van der Waals surface area (Å²) in [6.07, 6.45) is 0.635. The molecule has 0 saturated carbocycles. The molecule has 1 aromatic carbocycles. The molecule has 0 fully saturated rings. The zero-order valence-electron chi connectivity index (χ0n) is 14.8. The molecule has 1 aromatic heterocycles. The van der Waals surface area contributed by atoms with Crippen LogP contribution in [-0.2, 0) is 11.4 Å². The summed E-state index contributed by atoms with van der Waals surface area (Å²) >= 11 is 1.15. The molecule has 0 saturated heterocycles. The number of aromatic nitrogens is 1. The molecule has 1 amide bonds. The lowest BCUT2D eigenvalue weighted by atomic mass is 9.99. The van der Waals surface area contributed by atoms with E-state index in [-0.39, 0.29) is 18.3 Å². The number of carbonyl (C=O) groups excluding carboxylic acids is 1. The van der Waals surface area contributed by atoms with Gasteiger partial charge in [-0.15, -0.1) is 11.3 Å². The summed E-state index contributed by atoms with van der Waals surface area (Å²) in [6, 6.07) is 4.65. The molecule has 0 radical (unpaired) electrons. The smallest absolute Gasteiger partial charge is 0.326 e. The van der Waals surface area contributed by atoms with E-state index in [0.717, 1.165) is 11.3 Å². The molecule has 6 nitrogen and oxygen atoms in total. The van der Waals surface area contributed by atoms with Crippen molar-refractivity contribution in [2.24, 2.45) is 5.92 Å². The van der Waals surface area contributed by atoms with Crippen LogP contribution in [0.3, 0.4) is 0 Å². The van der Waals surface area contributed by atoms with Gasteiger partial charge in [0, 0.05) is 0 Å². The van der Waals surface area contributed by atoms with Crippen LogP contribution >= 0.6 is 11.3 Å². The van der Waals surface area contributed by atoms with Gasteiger partial charge in [0.05, 0.1) is 5.69 Å². The van der Waals surface area contributed by atoms with Crippen molar-refractivity contribution in [1.29, 1.82) is 0 Å². The van der Waals surface area contributed by atoms with Crippen molar-refractivity contribution in [3.63, 3.8) is 0 Å². The van der Waals surface area contributed by atoms with Gasteiger partial charge in [0.15, 0.2) is 0 Å². The number of ether oxygens (including phenoxy) is 1. The third-order valence-corrected chi connectivity index (χ3v) is 5.12. The predicted octanol–water partition coefficient (Wildman–Crippen LogP) is 3.40. The minimum Gasteiger partial charge on any atom is -0.486 e. The summed E-state index contributed by atoms with van der Waals surface area (Å²) in [5.74, 6) is -1.56. The fourth-order valence-corrected chi connectivity index (χ4v) is 3.17. The van der Waals surface area contributed by atoms with Crippen LogP contribution in [0.2, 0.25) is 0 Å². The molecule has 2 atom stereocenters. The number of carboxylic acids is 1. The molecular weight excluding hydrogens is 359 g/mol. The summed E-state index contributed by atoms with van der Waals surface area (Å²) in [6.45, 7) is 5.47. The second-order valence-electron chi connectivity index (χ2n) is 5.94. The Morgan fingerprint density at radius 3 is 2.58 bits per heavy atom. The van der Waals surface area contributed by atoms with Crippen molar-refractivity contribution < 1.29 is 23.8 Å². The van der Waals surface area contributed by atoms with Gasteiger partial charge in [-0.05, 0) is 37.1 Å². The summed E-state index contributed by atoms with van der Waals surface area (Å²) in [7, 11) is 0. The quantitative estimate of drug-likeness (QED) is 0.733. The van der Waals surface area contributed by atoms with Crippen LogP contribution in [0.1, 0.15) is 40.6 Å². The molecule has 0 bridgehead atoms. The lowest BCUT2D eigenvalue weighted by molar-refractivity contribution is -0.140. The Balaban J connectivity index is 2.05. The molecule has 0 aliphatic rings. The van der Waals surface area contributed by atoms with Crippen LogP contribution in [0, 0.1) is 18.7 Å². The van der Waals surface area contributed by atoms with Gasteiger partial charge in [0.25, 0.3) is 5.91 Å². The predicted molar refractivity (Wildman–Crippen MR) is 95.9 cm³/mol. The van der Waals surface area contributed by atoms with E-state index in [2.05, 4.69) is 10.3 Å². The summed E-state index contributed by atoms with van der Waals surface area (Å²) in [5, 5.41) is 12.4. The number of thiazole rings is 1. The average Bonchev–Trinajstić information content (AvgIpc) is 2.99. The minimum atomic E-state index is -1.06. The molecule has 0 aliphatic carbocycles. The Morgan fingerprint density at radius 1 is 1.35 bits per heavy atom. The number of halogens is 1. The number of benzene rings is 1. The molecule has 0 aliphatic heterocycles. The summed E-state index contributed by atoms with van der Waals surface area (Å²) in [4.78, 5) is 28.5. The van der Waals surface area contributed by atoms with Crippen LogP contribution in [0.5, 0.6) is 5.75 Å². The van der Waals surface area contributed by atoms with E-state index in [1.807, 2.05) is 6.92 Å². The number of hydrogen-bond acceptors (Lipinski definition) is 5. The largest absolute Gasteiger partial charge is 0.486 e. The Labute approximate surface area is 155 Å². The van der Waals surface area contributed by atoms with E-state index in [1.165, 1.54) is 24.3 Å². The highest BCUT2D eigenvalue weighted by Gasteiger charge is 2.27. The maximum Gasteiger partial charge on any atom is 0.326 e. The second-order valence-corrected chi connectivity index (χ2v) is 7.02. The first-order chi connectivity index (χ1) is 12.3. The Kier molecular flexibility index (Phi) is 6.68. The fourth-order valence-electron chi connectivity index (χ4n) is 2.29. The maximum atomic E-state index is 12.9. The fraction of sp³-hybridized carbons (Fsp3) is 0.389. The van der Waals surface area contributed by atoms with E-state index in [9.17, 15) is 19.1 Å². The number of nitrogens with zero attached hydrogens (tertiary/aromatic N) is 1. The Morgan fingerprint density at radius 2 is 2.00 bits per heavy atom. The van der Waals surface area contributed by atoms with Crippen LogP contribution in [0.25, 0.3) is 0 Å². The molecule has 0 spiro atoms. The SMILES string of the molecule is CC[C@H](C)[C@H](NC(=O)c1sc(COc2ccc(F)cc2)nc1C)C(=O)O. The normalized spacial score (nSPS) is 13.1. The van der Waals surface area contributed by atoms with Gasteiger partial charge in [-0.1, -0.05) is 20.3 Å². The highest BCUT2D eigenvalue weighted by molar-refractivity contribution is 7.13. The van der Waals surface area contributed by atoms with E-state index < -0.39 is 17.9 Å². The molecule has 2 aromatic rings. The molecule has 140 valence electrons. The minimum absolute atomic E-state index is 0.137. The zero-order valence-corrected chi connectivity index (χ0v) is 15.6. The first-order valence-electron chi connectivity index (χ1n) is 8.20. The van der Waals surface area contributed by atoms with Crippen LogP contribution < -0.4 is 10.1 Å². The third-order valence-electron chi connectivity index (χ3n) is 3.99. The van der Waals surface area contributed by atoms with E-state index >= 15 is 0 Å². The van der Waals surface area contributed by atoms with E-state index in [4.69, 9.17) is 4.74 Å². The maximum absolute atomic E-state index is 12.9. The number of carboxylic acid groups (broad SMARTS) is 1. The molecule has 8 heteroatoms. The highest BCUT2D eigenvalue weighted by atomic mass is 32.1. The topological polar surface area (TPSA) is 88.5 Å². The molecular formula is C18H21FN2O4S. The lowest BCUT2D eigenvalue weighted by Crippen LogP contribution is -2.44. The van der Waals surface area contributed by atoms with Gasteiger partial charge >= 0.3 is 5.97 Å². The van der Waals surface area contributed by atoms with Crippen LogP contribution in [0.4, 0.5) is 4.39 Å². The second kappa shape index (κ2) is 8.75. The lowest BCUT2D eigenvalue weighted by Gasteiger charge is -2.19. The van der Waals surface area contributed by atoms with Gasteiger partial charge in [-0.2, -0.15) is 0 Å². The summed E-state index contributed by atoms with van der Waals surface area (Å²) < 4.78 is 18.4. The molecule has 0 unspecified atom stereocenters. The van der Waals surface area contributed by atoms with Crippen molar-refractivity contribution in [3.05, 3.63) is 45.7 Å². The van der Waals surface area contributed by atoms with Crippen molar-refractivity contribution in [2.75, 3.05) is 0 Å². The first-order valence-corrected chi connectivity index (χ1v) is 9.01. The average molecular weight is 380 g/mol. The number of aryl methyl sites for hydroxylation is 1. The first kappa shape index (κ1) is 19.8. The van der Waals surface area contributed by atoms with Gasteiger partial charge in [0.1, 0.15) is 34.1 Å². The zero-order chi connectivity index (χ0) is 19.3. The number of hydrogen-bond donors (Lipinski definition) is 2. The van der Waals surface area contributed by atoms with Gasteiger partial charge in [-0.25, -0.2) is 14.2 Å². The standard InChI is InChI=1S/C18H21FN2O4S/c1-4-10(2)15(18(23)24)21-17(22)16-11(3)20-14(26-16)9-25-13-7-5-12(19)6-8-13/h5-8,10,15H,4,9H2,1-3H3,(H,21,22)(H,23,24)/t10-,15-/m0/s1. The number of carbonyl (C=O) groups is 2. The monoisotopic (exact) mass is 380 g/mol. The Bertz CT molecular complexity index is 776. The number of nitrogens with one attached hydrogen (secondary N) is 1.